The Bertz CT molecular complexity index is 586. The van der Waals surface area contributed by atoms with Crippen LogP contribution in [0.5, 0.6) is 0 Å². The number of nitrogens with one attached hydrogen (secondary N) is 1. The van der Waals surface area contributed by atoms with E-state index in [-0.39, 0.29) is 11.7 Å². The summed E-state index contributed by atoms with van der Waals surface area (Å²) in [4.78, 5) is 25.1. The second-order valence-corrected chi connectivity index (χ2v) is 4.95. The van der Waals surface area contributed by atoms with Gasteiger partial charge in [0.05, 0.1) is 5.92 Å². The van der Waals surface area contributed by atoms with Gasteiger partial charge in [-0.1, -0.05) is 24.3 Å². The molecule has 5 nitrogen and oxygen atoms in total. The van der Waals surface area contributed by atoms with Crippen LogP contribution in [0.25, 0.3) is 0 Å². The van der Waals surface area contributed by atoms with Gasteiger partial charge in [-0.05, 0) is 25.0 Å². The molecule has 0 aromatic heterocycles. The van der Waals surface area contributed by atoms with E-state index in [1.54, 1.807) is 41.6 Å². The summed E-state index contributed by atoms with van der Waals surface area (Å²) >= 11 is 0. The van der Waals surface area contributed by atoms with Crippen molar-refractivity contribution in [1.29, 1.82) is 0 Å². The third-order valence-electron chi connectivity index (χ3n) is 3.64. The van der Waals surface area contributed by atoms with Gasteiger partial charge in [-0.15, -0.1) is 0 Å². The summed E-state index contributed by atoms with van der Waals surface area (Å²) in [7, 11) is 0. The molecule has 0 saturated carbocycles. The lowest BCUT2D eigenvalue weighted by molar-refractivity contribution is -0.134. The van der Waals surface area contributed by atoms with E-state index < -0.39 is 11.8 Å². The summed E-state index contributed by atoms with van der Waals surface area (Å²) < 4.78 is 13.5. The molecule has 2 amide bonds. The van der Waals surface area contributed by atoms with E-state index >= 15 is 0 Å². The predicted octanol–water partition coefficient (Wildman–Crippen LogP) is 1.28. The fourth-order valence-electron chi connectivity index (χ4n) is 2.31. The topological polar surface area (TPSA) is 69.6 Å². The maximum absolute atomic E-state index is 13.5. The van der Waals surface area contributed by atoms with Crippen LogP contribution in [-0.4, -0.2) is 35.0 Å². The van der Waals surface area contributed by atoms with Crippen LogP contribution in [0, 0.1) is 11.7 Å². The Balaban J connectivity index is 1.95. The van der Waals surface area contributed by atoms with Crippen LogP contribution >= 0.6 is 0 Å². The van der Waals surface area contributed by atoms with Crippen molar-refractivity contribution in [2.75, 3.05) is 13.1 Å². The molecule has 0 bridgehead atoms. The second-order valence-electron chi connectivity index (χ2n) is 4.95. The number of halogens is 1. The van der Waals surface area contributed by atoms with E-state index in [1.807, 2.05) is 0 Å². The van der Waals surface area contributed by atoms with Crippen molar-refractivity contribution in [3.05, 3.63) is 47.3 Å². The predicted molar refractivity (Wildman–Crippen MR) is 73.9 cm³/mol. The van der Waals surface area contributed by atoms with Crippen LogP contribution in [-0.2, 0) is 16.0 Å². The minimum absolute atomic E-state index is 0.248. The van der Waals surface area contributed by atoms with Gasteiger partial charge in [0.15, 0.2) is 0 Å². The molecule has 0 saturated heterocycles. The Kier molecular flexibility index (Phi) is 4.70. The molecule has 0 radical (unpaired) electrons. The van der Waals surface area contributed by atoms with E-state index in [1.165, 1.54) is 6.07 Å². The number of hydroxylamine groups is 1. The van der Waals surface area contributed by atoms with Gasteiger partial charge in [0.2, 0.25) is 0 Å². The molecule has 1 atom stereocenters. The first kappa shape index (κ1) is 15.2. The Morgan fingerprint density at radius 3 is 2.86 bits per heavy atom. The van der Waals surface area contributed by atoms with Gasteiger partial charge in [-0.2, -0.15) is 0 Å². The number of amides is 2. The molecule has 1 aliphatic heterocycles. The Labute approximate surface area is 122 Å². The number of hydrogen-bond acceptors (Lipinski definition) is 3. The van der Waals surface area contributed by atoms with Gasteiger partial charge in [-0.25, -0.2) is 9.87 Å². The van der Waals surface area contributed by atoms with Crippen molar-refractivity contribution in [2.24, 2.45) is 5.92 Å². The number of carbonyl (C=O) groups is 2. The maximum Gasteiger partial charge on any atom is 0.250 e. The molecule has 2 rings (SSSR count). The molecule has 1 aliphatic rings. The fraction of sp³-hybridized carbons (Fsp3) is 0.333. The highest BCUT2D eigenvalue weighted by Crippen LogP contribution is 2.20. The van der Waals surface area contributed by atoms with E-state index in [0.717, 1.165) is 0 Å². The molecular formula is C15H17FN2O3. The molecule has 112 valence electrons. The summed E-state index contributed by atoms with van der Waals surface area (Å²) in [6.45, 7) is 2.33. The van der Waals surface area contributed by atoms with Crippen LogP contribution in [0.15, 0.2) is 35.9 Å². The van der Waals surface area contributed by atoms with Crippen molar-refractivity contribution < 1.29 is 19.2 Å². The zero-order valence-corrected chi connectivity index (χ0v) is 11.7. The van der Waals surface area contributed by atoms with E-state index in [9.17, 15) is 14.0 Å². The third kappa shape index (κ3) is 3.28. The zero-order chi connectivity index (χ0) is 15.4. The van der Waals surface area contributed by atoms with Crippen molar-refractivity contribution >= 4 is 11.8 Å². The Hall–Kier alpha value is -2.21. The van der Waals surface area contributed by atoms with E-state index in [0.29, 0.717) is 30.6 Å². The molecule has 1 aromatic carbocycles. The van der Waals surface area contributed by atoms with Crippen LogP contribution in [0.2, 0.25) is 0 Å². The van der Waals surface area contributed by atoms with Gasteiger partial charge < -0.3 is 4.90 Å². The highest BCUT2D eigenvalue weighted by molar-refractivity contribution is 6.01. The van der Waals surface area contributed by atoms with Gasteiger partial charge >= 0.3 is 0 Å². The summed E-state index contributed by atoms with van der Waals surface area (Å²) in [6, 6.07) is 6.45. The first-order valence-electron chi connectivity index (χ1n) is 6.71. The van der Waals surface area contributed by atoms with Crippen molar-refractivity contribution in [3.8, 4) is 0 Å². The monoisotopic (exact) mass is 292 g/mol. The van der Waals surface area contributed by atoms with Crippen molar-refractivity contribution in [2.45, 2.75) is 13.3 Å². The number of rotatable bonds is 5. The fourth-order valence-corrected chi connectivity index (χ4v) is 2.31. The molecule has 1 heterocycles. The summed E-state index contributed by atoms with van der Waals surface area (Å²) in [5.74, 6) is -1.86. The van der Waals surface area contributed by atoms with Crippen LogP contribution in [0.4, 0.5) is 4.39 Å². The summed E-state index contributed by atoms with van der Waals surface area (Å²) in [5.41, 5.74) is 2.45. The second kappa shape index (κ2) is 6.49. The Morgan fingerprint density at radius 1 is 1.48 bits per heavy atom. The van der Waals surface area contributed by atoms with Crippen LogP contribution in [0.3, 0.4) is 0 Å². The molecule has 0 spiro atoms. The lowest BCUT2D eigenvalue weighted by Gasteiger charge is -2.18. The minimum atomic E-state index is -0.707. The largest absolute Gasteiger partial charge is 0.335 e. The molecule has 6 heteroatoms. The number of nitrogens with zero attached hydrogens (tertiary/aromatic N) is 1. The van der Waals surface area contributed by atoms with Gasteiger partial charge in [0, 0.05) is 18.7 Å². The average molecular weight is 292 g/mol. The molecular weight excluding hydrogens is 275 g/mol. The number of carbonyl (C=O) groups excluding carboxylic acids is 2. The first-order chi connectivity index (χ1) is 10.0. The summed E-state index contributed by atoms with van der Waals surface area (Å²) in [5, 5.41) is 8.61. The zero-order valence-electron chi connectivity index (χ0n) is 11.7. The molecule has 0 aliphatic carbocycles. The van der Waals surface area contributed by atoms with Gasteiger partial charge in [0.25, 0.3) is 11.8 Å². The maximum atomic E-state index is 13.5. The molecule has 21 heavy (non-hydrogen) atoms. The minimum Gasteiger partial charge on any atom is -0.335 e. The lowest BCUT2D eigenvalue weighted by atomic mass is 10.0. The van der Waals surface area contributed by atoms with Crippen LogP contribution < -0.4 is 5.48 Å². The number of benzene rings is 1. The third-order valence-corrected chi connectivity index (χ3v) is 3.64. The number of hydrogen-bond donors (Lipinski definition) is 2. The lowest BCUT2D eigenvalue weighted by Crippen LogP contribution is -2.34. The highest BCUT2D eigenvalue weighted by Gasteiger charge is 2.30. The quantitative estimate of drug-likeness (QED) is 0.634. The normalized spacial score (nSPS) is 15.9. The highest BCUT2D eigenvalue weighted by atomic mass is 19.1. The van der Waals surface area contributed by atoms with Gasteiger partial charge in [-0.3, -0.25) is 14.8 Å². The molecule has 0 fully saturated rings. The van der Waals surface area contributed by atoms with Crippen molar-refractivity contribution in [3.63, 3.8) is 0 Å². The molecule has 1 aromatic rings. The summed E-state index contributed by atoms with van der Waals surface area (Å²) in [6.07, 6.45) is 2.09. The van der Waals surface area contributed by atoms with Crippen molar-refractivity contribution in [1.82, 2.24) is 10.4 Å². The van der Waals surface area contributed by atoms with E-state index in [2.05, 4.69) is 0 Å². The standard InChI is InChI=1S/C15H17FN2O3/c1-10(14(19)17-21)12-7-9-18(15(12)20)8-6-11-4-2-3-5-13(11)16/h2-5,7,10,21H,6,8-9H2,1H3,(H,17,19). The Morgan fingerprint density at radius 2 is 2.19 bits per heavy atom. The average Bonchev–Trinajstić information content (AvgIpc) is 2.86. The first-order valence-corrected chi connectivity index (χ1v) is 6.71. The SMILES string of the molecule is CC(C(=O)NO)C1=CCN(CCc2ccccc2F)C1=O. The molecule has 1 unspecified atom stereocenters. The molecule has 2 N–H and O–H groups in total. The van der Waals surface area contributed by atoms with Crippen LogP contribution in [0.1, 0.15) is 12.5 Å². The van der Waals surface area contributed by atoms with E-state index in [4.69, 9.17) is 5.21 Å². The van der Waals surface area contributed by atoms with Gasteiger partial charge in [0.1, 0.15) is 5.82 Å². The smallest absolute Gasteiger partial charge is 0.250 e.